The second-order valence-corrected chi connectivity index (χ2v) is 6.22. The van der Waals surface area contributed by atoms with E-state index in [1.165, 1.54) is 22.0 Å². The highest BCUT2D eigenvalue weighted by Gasteiger charge is 2.26. The maximum atomic E-state index is 6.02. The molecule has 2 aromatic rings. The number of aromatic nitrogens is 2. The Balaban J connectivity index is 1.69. The second-order valence-electron chi connectivity index (χ2n) is 4.57. The lowest BCUT2D eigenvalue weighted by atomic mass is 10.1. The number of nitrogens with zero attached hydrogens (tertiary/aromatic N) is 3. The number of rotatable bonds is 3. The molecule has 1 aliphatic heterocycles. The van der Waals surface area contributed by atoms with Crippen LogP contribution in [0.15, 0.2) is 23.0 Å². The molecule has 1 saturated heterocycles. The highest BCUT2D eigenvalue weighted by molar-refractivity contribution is 7.08. The molecule has 0 unspecified atom stereocenters. The van der Waals surface area contributed by atoms with E-state index in [0.29, 0.717) is 0 Å². The van der Waals surface area contributed by atoms with Gasteiger partial charge in [-0.25, -0.2) is 0 Å². The van der Waals surface area contributed by atoms with Gasteiger partial charge in [0.05, 0.1) is 23.3 Å². The van der Waals surface area contributed by atoms with Crippen molar-refractivity contribution in [1.82, 2.24) is 14.5 Å². The minimum absolute atomic E-state index is 0.195. The van der Waals surface area contributed by atoms with Crippen molar-refractivity contribution in [1.29, 1.82) is 0 Å². The van der Waals surface area contributed by atoms with Crippen LogP contribution in [0.5, 0.6) is 0 Å². The highest BCUT2D eigenvalue weighted by Crippen LogP contribution is 2.27. The van der Waals surface area contributed by atoms with Gasteiger partial charge in [-0.15, -0.1) is 5.10 Å². The van der Waals surface area contributed by atoms with E-state index in [-0.39, 0.29) is 12.2 Å². The molecule has 0 spiro atoms. The van der Waals surface area contributed by atoms with Crippen LogP contribution in [0.3, 0.4) is 0 Å². The maximum Gasteiger partial charge on any atom is 0.0964 e. The van der Waals surface area contributed by atoms with Gasteiger partial charge < -0.3 is 4.74 Å². The van der Waals surface area contributed by atoms with Gasteiger partial charge in [0.2, 0.25) is 0 Å². The summed E-state index contributed by atoms with van der Waals surface area (Å²) in [6, 6.07) is 2.15. The Kier molecular flexibility index (Phi) is 3.69. The average Bonchev–Trinajstić information content (AvgIpc) is 3.00. The van der Waals surface area contributed by atoms with Gasteiger partial charge in [0, 0.05) is 19.6 Å². The Hall–Kier alpha value is -0.820. The SMILES string of the molecule is C[C@H]1CN(Cc2cnns2)C[C@H](c2ccsc2)O1. The number of hydrogen-bond acceptors (Lipinski definition) is 6. The van der Waals surface area contributed by atoms with Crippen LogP contribution in [0.2, 0.25) is 0 Å². The lowest BCUT2D eigenvalue weighted by molar-refractivity contribution is -0.0810. The summed E-state index contributed by atoms with van der Waals surface area (Å²) in [6.07, 6.45) is 2.31. The Labute approximate surface area is 114 Å². The fourth-order valence-corrected chi connectivity index (χ4v) is 3.52. The summed E-state index contributed by atoms with van der Waals surface area (Å²) < 4.78 is 9.93. The van der Waals surface area contributed by atoms with Crippen LogP contribution in [-0.2, 0) is 11.3 Å². The van der Waals surface area contributed by atoms with Crippen molar-refractivity contribution in [2.75, 3.05) is 13.1 Å². The first kappa shape index (κ1) is 12.2. The van der Waals surface area contributed by atoms with Gasteiger partial charge in [-0.3, -0.25) is 4.90 Å². The first-order valence-electron chi connectivity index (χ1n) is 5.97. The summed E-state index contributed by atoms with van der Waals surface area (Å²) in [5.41, 5.74) is 1.29. The molecule has 4 nitrogen and oxygen atoms in total. The van der Waals surface area contributed by atoms with Crippen LogP contribution in [0.1, 0.15) is 23.5 Å². The zero-order chi connectivity index (χ0) is 12.4. The summed E-state index contributed by atoms with van der Waals surface area (Å²) in [5.74, 6) is 0. The van der Waals surface area contributed by atoms with Gasteiger partial charge in [-0.1, -0.05) is 4.49 Å². The van der Waals surface area contributed by atoms with Crippen LogP contribution in [0, 0.1) is 0 Å². The lowest BCUT2D eigenvalue weighted by Gasteiger charge is -2.36. The Morgan fingerprint density at radius 1 is 1.50 bits per heavy atom. The fraction of sp³-hybridized carbons (Fsp3) is 0.500. The van der Waals surface area contributed by atoms with Crippen molar-refractivity contribution in [2.24, 2.45) is 0 Å². The van der Waals surface area contributed by atoms with E-state index in [9.17, 15) is 0 Å². The Morgan fingerprint density at radius 3 is 3.17 bits per heavy atom. The fourth-order valence-electron chi connectivity index (χ4n) is 2.29. The summed E-state index contributed by atoms with van der Waals surface area (Å²) in [7, 11) is 0. The van der Waals surface area contributed by atoms with Crippen molar-refractivity contribution < 1.29 is 4.74 Å². The molecule has 0 bridgehead atoms. The monoisotopic (exact) mass is 281 g/mol. The van der Waals surface area contributed by atoms with E-state index in [1.807, 2.05) is 6.20 Å². The molecule has 6 heteroatoms. The normalized spacial score (nSPS) is 25.4. The molecule has 1 aliphatic rings. The van der Waals surface area contributed by atoms with E-state index < -0.39 is 0 Å². The molecule has 18 heavy (non-hydrogen) atoms. The third-order valence-corrected chi connectivity index (χ3v) is 4.38. The molecule has 0 amide bonds. The van der Waals surface area contributed by atoms with E-state index in [0.717, 1.165) is 19.6 Å². The Bertz CT molecular complexity index is 471. The van der Waals surface area contributed by atoms with Gasteiger partial charge in [0.1, 0.15) is 0 Å². The largest absolute Gasteiger partial charge is 0.368 e. The summed E-state index contributed by atoms with van der Waals surface area (Å²) >= 11 is 3.20. The van der Waals surface area contributed by atoms with Crippen LogP contribution >= 0.6 is 22.9 Å². The molecular weight excluding hydrogens is 266 g/mol. The minimum Gasteiger partial charge on any atom is -0.368 e. The highest BCUT2D eigenvalue weighted by atomic mass is 32.1. The molecule has 0 radical (unpaired) electrons. The third kappa shape index (κ3) is 2.77. The lowest BCUT2D eigenvalue weighted by Crippen LogP contribution is -2.42. The summed E-state index contributed by atoms with van der Waals surface area (Å²) in [6.45, 7) is 4.97. The number of ether oxygens (including phenoxy) is 1. The van der Waals surface area contributed by atoms with E-state index in [4.69, 9.17) is 4.74 Å². The molecule has 2 atom stereocenters. The molecule has 3 rings (SSSR count). The maximum absolute atomic E-state index is 6.02. The standard InChI is InChI=1S/C12H15N3OS2/c1-9-5-15(6-11-4-13-14-18-11)7-12(16-9)10-2-3-17-8-10/h2-4,8-9,12H,5-7H2,1H3/t9-,12+/m0/s1. The first-order chi connectivity index (χ1) is 8.81. The smallest absolute Gasteiger partial charge is 0.0964 e. The van der Waals surface area contributed by atoms with Crippen LogP contribution in [-0.4, -0.2) is 33.7 Å². The molecule has 0 aliphatic carbocycles. The van der Waals surface area contributed by atoms with Gasteiger partial charge in [0.25, 0.3) is 0 Å². The van der Waals surface area contributed by atoms with Crippen molar-refractivity contribution in [3.8, 4) is 0 Å². The molecular formula is C12H15N3OS2. The zero-order valence-corrected chi connectivity index (χ0v) is 11.8. The predicted octanol–water partition coefficient (Wildman–Crippen LogP) is 2.56. The van der Waals surface area contributed by atoms with E-state index in [2.05, 4.69) is 38.2 Å². The van der Waals surface area contributed by atoms with Gasteiger partial charge in [0.15, 0.2) is 0 Å². The topological polar surface area (TPSA) is 38.2 Å². The average molecular weight is 281 g/mol. The van der Waals surface area contributed by atoms with Crippen LogP contribution in [0.25, 0.3) is 0 Å². The molecule has 0 aromatic carbocycles. The van der Waals surface area contributed by atoms with Gasteiger partial charge in [-0.05, 0) is 40.8 Å². The summed E-state index contributed by atoms with van der Waals surface area (Å²) in [5, 5.41) is 8.17. The predicted molar refractivity (Wildman–Crippen MR) is 72.8 cm³/mol. The van der Waals surface area contributed by atoms with Gasteiger partial charge >= 0.3 is 0 Å². The molecule has 2 aromatic heterocycles. The minimum atomic E-state index is 0.195. The van der Waals surface area contributed by atoms with Crippen LogP contribution in [0.4, 0.5) is 0 Å². The van der Waals surface area contributed by atoms with Crippen molar-refractivity contribution >= 4 is 22.9 Å². The second kappa shape index (κ2) is 5.44. The summed E-state index contributed by atoms with van der Waals surface area (Å²) in [4.78, 5) is 3.64. The Morgan fingerprint density at radius 2 is 2.44 bits per heavy atom. The molecule has 0 N–H and O–H groups in total. The number of morpholine rings is 1. The molecule has 1 fully saturated rings. The number of thiophene rings is 1. The third-order valence-electron chi connectivity index (χ3n) is 3.04. The molecule has 96 valence electrons. The zero-order valence-electron chi connectivity index (χ0n) is 10.2. The quantitative estimate of drug-likeness (QED) is 0.866. The van der Waals surface area contributed by atoms with Crippen molar-refractivity contribution in [3.05, 3.63) is 33.5 Å². The van der Waals surface area contributed by atoms with E-state index in [1.54, 1.807) is 11.3 Å². The molecule has 3 heterocycles. The van der Waals surface area contributed by atoms with Crippen molar-refractivity contribution in [2.45, 2.75) is 25.7 Å². The van der Waals surface area contributed by atoms with Crippen molar-refractivity contribution in [3.63, 3.8) is 0 Å². The van der Waals surface area contributed by atoms with E-state index >= 15 is 0 Å². The van der Waals surface area contributed by atoms with Gasteiger partial charge in [-0.2, -0.15) is 11.3 Å². The first-order valence-corrected chi connectivity index (χ1v) is 7.69. The number of hydrogen-bond donors (Lipinski definition) is 0. The molecule has 0 saturated carbocycles. The van der Waals surface area contributed by atoms with Crippen LogP contribution < -0.4 is 0 Å².